The molecular formula is C47H49N3O3. The van der Waals surface area contributed by atoms with Crippen molar-refractivity contribution in [1.82, 2.24) is 9.47 Å². The summed E-state index contributed by atoms with van der Waals surface area (Å²) in [6, 6.07) is 33.3. The predicted molar refractivity (Wildman–Crippen MR) is 216 cm³/mol. The molecule has 270 valence electrons. The smallest absolute Gasteiger partial charge is 0.336 e. The summed E-state index contributed by atoms with van der Waals surface area (Å²) in [5, 5.41) is 25.9. The van der Waals surface area contributed by atoms with Crippen molar-refractivity contribution in [2.24, 2.45) is 17.8 Å². The van der Waals surface area contributed by atoms with Crippen LogP contribution in [0, 0.1) is 31.6 Å². The van der Waals surface area contributed by atoms with Crippen LogP contribution in [0.15, 0.2) is 97.1 Å². The zero-order valence-electron chi connectivity index (χ0n) is 31.3. The number of aromatic nitrogens is 1. The number of phenolic OH excluding ortho intramolecular Hbond substituents is 1. The van der Waals surface area contributed by atoms with Gasteiger partial charge in [0.15, 0.2) is 5.75 Å². The summed E-state index contributed by atoms with van der Waals surface area (Å²) in [5.74, 6) is 1.44. The summed E-state index contributed by atoms with van der Waals surface area (Å²) in [7, 11) is 4.12. The SMILES string of the molecule is Cc1cc(N(CCN(C)C)c2ccccc2-c2cc(C)cc(C34CC5CC(CC(C5)C3)C4)c2C(=O)O)c(O)c(-n2c3ccccc3c3ccccc32)c1. The molecule has 53 heavy (non-hydrogen) atoms. The average Bonchev–Trinajstić information content (AvgIpc) is 3.46. The van der Waals surface area contributed by atoms with E-state index < -0.39 is 5.97 Å². The molecule has 5 aromatic carbocycles. The summed E-state index contributed by atoms with van der Waals surface area (Å²) in [6.45, 7) is 5.52. The van der Waals surface area contributed by atoms with Crippen LogP contribution in [0.4, 0.5) is 11.4 Å². The van der Waals surface area contributed by atoms with Crippen molar-refractivity contribution in [1.29, 1.82) is 0 Å². The molecule has 4 aliphatic carbocycles. The Labute approximate surface area is 312 Å². The van der Waals surface area contributed by atoms with E-state index in [1.165, 1.54) is 19.3 Å². The van der Waals surface area contributed by atoms with Gasteiger partial charge in [-0.25, -0.2) is 4.79 Å². The van der Waals surface area contributed by atoms with E-state index in [2.05, 4.69) is 115 Å². The van der Waals surface area contributed by atoms with Gasteiger partial charge in [0.25, 0.3) is 0 Å². The number of hydrogen-bond donors (Lipinski definition) is 2. The second kappa shape index (κ2) is 12.8. The van der Waals surface area contributed by atoms with E-state index in [0.717, 1.165) is 86.8 Å². The molecule has 6 aromatic rings. The van der Waals surface area contributed by atoms with Gasteiger partial charge in [-0.15, -0.1) is 0 Å². The summed E-state index contributed by atoms with van der Waals surface area (Å²) in [6.07, 6.45) is 7.21. The molecule has 4 fully saturated rings. The molecule has 4 bridgehead atoms. The van der Waals surface area contributed by atoms with Crippen LogP contribution in [0.5, 0.6) is 5.75 Å². The molecule has 10 rings (SSSR count). The third-order valence-electron chi connectivity index (χ3n) is 12.7. The molecule has 1 aromatic heterocycles. The van der Waals surface area contributed by atoms with Crippen LogP contribution in [-0.4, -0.2) is 52.8 Å². The summed E-state index contributed by atoms with van der Waals surface area (Å²) in [5.41, 5.74) is 9.54. The maximum atomic E-state index is 13.6. The Hall–Kier alpha value is -5.07. The van der Waals surface area contributed by atoms with Gasteiger partial charge < -0.3 is 24.6 Å². The molecule has 0 amide bonds. The van der Waals surface area contributed by atoms with Crippen LogP contribution >= 0.6 is 0 Å². The number of carboxylic acid groups (broad SMARTS) is 1. The highest BCUT2D eigenvalue weighted by molar-refractivity contribution is 6.09. The van der Waals surface area contributed by atoms with Gasteiger partial charge in [0.1, 0.15) is 0 Å². The number of fused-ring (bicyclic) bond motifs is 3. The highest BCUT2D eigenvalue weighted by Gasteiger charge is 2.53. The second-order valence-corrected chi connectivity index (χ2v) is 16.7. The van der Waals surface area contributed by atoms with Gasteiger partial charge in [-0.2, -0.15) is 0 Å². The molecule has 0 spiro atoms. The standard InChI is InChI=1S/C47H49N3O3/c1-29-19-37(44(46(52)53)38(20-29)47-26-31-23-32(27-47)25-33(24-31)28-47)36-13-5-8-14-39(36)49(18-17-48(3)4)42-21-30(2)22-43(45(42)51)50-40-15-9-6-11-34(40)35-12-7-10-16-41(35)50/h5-16,19-22,31-33,51H,17-18,23-28H2,1-4H3,(H,52,53). The Bertz CT molecular complexity index is 2320. The molecule has 6 nitrogen and oxygen atoms in total. The Kier molecular flexibility index (Phi) is 8.15. The summed E-state index contributed by atoms with van der Waals surface area (Å²) < 4.78 is 2.17. The molecule has 0 aliphatic heterocycles. The van der Waals surface area contributed by atoms with E-state index in [1.54, 1.807) is 0 Å². The Morgan fingerprint density at radius 1 is 0.717 bits per heavy atom. The van der Waals surface area contributed by atoms with Gasteiger partial charge in [-0.1, -0.05) is 72.3 Å². The van der Waals surface area contributed by atoms with Crippen molar-refractivity contribution in [2.75, 3.05) is 32.1 Å². The number of aryl methyl sites for hydroxylation is 2. The van der Waals surface area contributed by atoms with E-state index in [4.69, 9.17) is 0 Å². The first kappa shape index (κ1) is 33.7. The van der Waals surface area contributed by atoms with E-state index in [1.807, 2.05) is 24.3 Å². The highest BCUT2D eigenvalue weighted by Crippen LogP contribution is 2.62. The monoisotopic (exact) mass is 703 g/mol. The lowest BCUT2D eigenvalue weighted by Gasteiger charge is -2.57. The minimum Gasteiger partial charge on any atom is -0.504 e. The van der Waals surface area contributed by atoms with Gasteiger partial charge in [0, 0.05) is 35.1 Å². The van der Waals surface area contributed by atoms with Crippen LogP contribution < -0.4 is 4.90 Å². The van der Waals surface area contributed by atoms with Gasteiger partial charge in [0.05, 0.1) is 28.0 Å². The fourth-order valence-electron chi connectivity index (χ4n) is 11.0. The number of aromatic hydroxyl groups is 1. The third kappa shape index (κ3) is 5.61. The van der Waals surface area contributed by atoms with E-state index in [0.29, 0.717) is 35.5 Å². The predicted octanol–water partition coefficient (Wildman–Crippen LogP) is 10.6. The molecule has 0 radical (unpaired) electrons. The Morgan fingerprint density at radius 3 is 1.89 bits per heavy atom. The first-order chi connectivity index (χ1) is 25.6. The molecule has 4 saturated carbocycles. The number of anilines is 2. The number of nitrogens with zero attached hydrogens (tertiary/aromatic N) is 3. The zero-order chi connectivity index (χ0) is 36.6. The number of rotatable bonds is 9. The molecule has 0 atom stereocenters. The zero-order valence-corrected chi connectivity index (χ0v) is 31.3. The number of para-hydroxylation sites is 3. The average molecular weight is 704 g/mol. The number of phenols is 1. The van der Waals surface area contributed by atoms with Crippen molar-refractivity contribution < 1.29 is 15.0 Å². The largest absolute Gasteiger partial charge is 0.504 e. The minimum atomic E-state index is -0.854. The topological polar surface area (TPSA) is 68.9 Å². The van der Waals surface area contributed by atoms with Gasteiger partial charge in [0.2, 0.25) is 0 Å². The molecule has 1 heterocycles. The van der Waals surface area contributed by atoms with E-state index in [-0.39, 0.29) is 11.2 Å². The van der Waals surface area contributed by atoms with Crippen molar-refractivity contribution in [3.63, 3.8) is 0 Å². The fraction of sp³-hybridized carbons (Fsp3) is 0.340. The quantitative estimate of drug-likeness (QED) is 0.157. The molecule has 4 aliphatic rings. The first-order valence-corrected chi connectivity index (χ1v) is 19.3. The van der Waals surface area contributed by atoms with Crippen molar-refractivity contribution in [3.05, 3.63) is 119 Å². The Morgan fingerprint density at radius 2 is 1.28 bits per heavy atom. The fourth-order valence-corrected chi connectivity index (χ4v) is 11.0. The number of hydrogen-bond acceptors (Lipinski definition) is 4. The molecule has 0 unspecified atom stereocenters. The van der Waals surface area contributed by atoms with Crippen LogP contribution in [-0.2, 0) is 5.41 Å². The van der Waals surface area contributed by atoms with Crippen LogP contribution in [0.2, 0.25) is 0 Å². The number of aromatic carboxylic acids is 1. The van der Waals surface area contributed by atoms with Crippen LogP contribution in [0.1, 0.15) is 65.6 Å². The highest BCUT2D eigenvalue weighted by atomic mass is 16.4. The van der Waals surface area contributed by atoms with Gasteiger partial charge in [-0.05, 0) is 137 Å². The molecule has 2 N–H and O–H groups in total. The van der Waals surface area contributed by atoms with Crippen molar-refractivity contribution in [2.45, 2.75) is 57.8 Å². The van der Waals surface area contributed by atoms with E-state index in [9.17, 15) is 15.0 Å². The lowest BCUT2D eigenvalue weighted by atomic mass is 9.47. The summed E-state index contributed by atoms with van der Waals surface area (Å²) in [4.78, 5) is 18.0. The number of benzene rings is 5. The number of carbonyl (C=O) groups is 1. The number of carboxylic acids is 1. The second-order valence-electron chi connectivity index (χ2n) is 16.7. The Balaban J connectivity index is 1.25. The minimum absolute atomic E-state index is 0.0746. The molecule has 6 heteroatoms. The lowest BCUT2D eigenvalue weighted by Crippen LogP contribution is -2.49. The molecule has 0 saturated heterocycles. The maximum absolute atomic E-state index is 13.6. The third-order valence-corrected chi connectivity index (χ3v) is 12.7. The normalized spacial score (nSPS) is 21.9. The maximum Gasteiger partial charge on any atom is 0.336 e. The number of likely N-dealkylation sites (N-methyl/N-ethyl adjacent to an activating group) is 1. The van der Waals surface area contributed by atoms with Crippen LogP contribution in [0.25, 0.3) is 38.6 Å². The lowest BCUT2D eigenvalue weighted by molar-refractivity contribution is -0.00582. The summed E-state index contributed by atoms with van der Waals surface area (Å²) >= 11 is 0. The van der Waals surface area contributed by atoms with E-state index >= 15 is 0 Å². The van der Waals surface area contributed by atoms with Crippen molar-refractivity contribution in [3.8, 4) is 22.6 Å². The van der Waals surface area contributed by atoms with Crippen LogP contribution in [0.3, 0.4) is 0 Å². The van der Waals surface area contributed by atoms with Gasteiger partial charge in [-0.3, -0.25) is 0 Å². The van der Waals surface area contributed by atoms with Gasteiger partial charge >= 0.3 is 5.97 Å². The molecular weight excluding hydrogens is 655 g/mol. The van der Waals surface area contributed by atoms with Crippen molar-refractivity contribution >= 4 is 39.1 Å². The first-order valence-electron chi connectivity index (χ1n) is 19.3.